The first-order valence-electron chi connectivity index (χ1n) is 2.82. The molecule has 0 aliphatic heterocycles. The molecule has 1 unspecified atom stereocenters. The van der Waals surface area contributed by atoms with Gasteiger partial charge >= 0.3 is 0 Å². The highest BCUT2D eigenvalue weighted by Crippen LogP contribution is 2.31. The molecule has 0 bridgehead atoms. The molecular formula is C6H4Cl2O2S2. The van der Waals surface area contributed by atoms with Gasteiger partial charge in [0.05, 0.1) is 14.9 Å². The van der Waals surface area contributed by atoms with Crippen LogP contribution in [0.5, 0.6) is 0 Å². The molecule has 0 saturated heterocycles. The molecule has 12 heavy (non-hydrogen) atoms. The minimum absolute atomic E-state index is 0.0486. The van der Waals surface area contributed by atoms with Gasteiger partial charge in [0.15, 0.2) is 11.1 Å². The molecule has 0 heterocycles. The quantitative estimate of drug-likeness (QED) is 0.587. The van der Waals surface area contributed by atoms with E-state index in [1.807, 2.05) is 0 Å². The predicted molar refractivity (Wildman–Crippen MR) is 52.8 cm³/mol. The zero-order valence-corrected chi connectivity index (χ0v) is 8.84. The second-order valence-electron chi connectivity index (χ2n) is 1.96. The Hall–Kier alpha value is 0.260. The summed E-state index contributed by atoms with van der Waals surface area (Å²) in [6.45, 7) is 0. The second kappa shape index (κ2) is 3.98. The second-order valence-corrected chi connectivity index (χ2v) is 4.12. The average molecular weight is 243 g/mol. The van der Waals surface area contributed by atoms with E-state index in [0.717, 1.165) is 0 Å². The topological polar surface area (TPSA) is 37.3 Å². The number of thiol groups is 1. The minimum Gasteiger partial charge on any atom is -0.302 e. The molecule has 1 aromatic carbocycles. The van der Waals surface area contributed by atoms with Crippen LogP contribution < -0.4 is 0 Å². The van der Waals surface area contributed by atoms with E-state index in [1.54, 1.807) is 0 Å². The van der Waals surface area contributed by atoms with Gasteiger partial charge in [0.25, 0.3) is 0 Å². The average Bonchev–Trinajstić information content (AvgIpc) is 1.97. The van der Waals surface area contributed by atoms with Crippen molar-refractivity contribution < 1.29 is 8.76 Å². The Morgan fingerprint density at radius 3 is 2.25 bits per heavy atom. The van der Waals surface area contributed by atoms with Crippen LogP contribution in [0.4, 0.5) is 0 Å². The summed E-state index contributed by atoms with van der Waals surface area (Å²) in [5.41, 5.74) is 0. The van der Waals surface area contributed by atoms with Gasteiger partial charge in [-0.2, -0.15) is 0 Å². The summed E-state index contributed by atoms with van der Waals surface area (Å²) in [6, 6.07) is 2.97. The molecule has 0 spiro atoms. The van der Waals surface area contributed by atoms with Crippen molar-refractivity contribution in [3.05, 3.63) is 22.2 Å². The van der Waals surface area contributed by atoms with Crippen LogP contribution in [0.3, 0.4) is 0 Å². The van der Waals surface area contributed by atoms with E-state index in [4.69, 9.17) is 27.8 Å². The van der Waals surface area contributed by atoms with Crippen molar-refractivity contribution in [2.45, 2.75) is 9.79 Å². The van der Waals surface area contributed by atoms with Crippen LogP contribution in [0.15, 0.2) is 21.9 Å². The molecule has 1 atom stereocenters. The third kappa shape index (κ3) is 1.95. The number of rotatable bonds is 1. The van der Waals surface area contributed by atoms with Crippen LogP contribution in [-0.2, 0) is 11.1 Å². The molecule has 1 N–H and O–H groups in total. The van der Waals surface area contributed by atoms with Crippen molar-refractivity contribution in [3.63, 3.8) is 0 Å². The molecule has 0 radical (unpaired) electrons. The Kier molecular flexibility index (Phi) is 3.43. The Labute approximate surface area is 87.6 Å². The first-order valence-corrected chi connectivity index (χ1v) is 5.13. The van der Waals surface area contributed by atoms with Crippen LogP contribution in [0.25, 0.3) is 0 Å². The van der Waals surface area contributed by atoms with Gasteiger partial charge in [-0.05, 0) is 12.1 Å². The fourth-order valence-corrected chi connectivity index (χ4v) is 2.26. The normalized spacial score (nSPS) is 13.0. The maximum atomic E-state index is 10.7. The highest BCUT2D eigenvalue weighted by atomic mass is 35.5. The number of halogens is 2. The van der Waals surface area contributed by atoms with Gasteiger partial charge in [-0.1, -0.05) is 23.2 Å². The van der Waals surface area contributed by atoms with Crippen molar-refractivity contribution in [1.29, 1.82) is 0 Å². The number of benzene rings is 1. The Balaban J connectivity index is 3.43. The molecule has 6 heteroatoms. The minimum atomic E-state index is -2.16. The summed E-state index contributed by atoms with van der Waals surface area (Å²) in [7, 11) is 0. The fourth-order valence-electron chi connectivity index (χ4n) is 0.689. The molecule has 1 rings (SSSR count). The molecule has 0 fully saturated rings. The van der Waals surface area contributed by atoms with Gasteiger partial charge in [-0.3, -0.25) is 0 Å². The van der Waals surface area contributed by atoms with Crippen molar-refractivity contribution in [3.8, 4) is 0 Å². The number of hydrogen-bond acceptors (Lipinski definition) is 2. The predicted octanol–water partition coefficient (Wildman–Crippen LogP) is 2.86. The molecule has 0 amide bonds. The Morgan fingerprint density at radius 2 is 1.83 bits per heavy atom. The SMILES string of the molecule is O=S(O)c1c(Cl)ccc(Cl)c1S. The molecule has 0 saturated carbocycles. The van der Waals surface area contributed by atoms with Crippen LogP contribution in [-0.4, -0.2) is 8.76 Å². The van der Waals surface area contributed by atoms with Gasteiger partial charge in [0.1, 0.15) is 0 Å². The standard InChI is InChI=1S/C6H4Cl2O2S2/c7-3-1-2-4(8)6(5(3)11)12(9)10/h1-2,11H,(H,9,10). The van der Waals surface area contributed by atoms with E-state index >= 15 is 0 Å². The van der Waals surface area contributed by atoms with Crippen molar-refractivity contribution in [2.24, 2.45) is 0 Å². The van der Waals surface area contributed by atoms with Gasteiger partial charge in [0.2, 0.25) is 0 Å². The van der Waals surface area contributed by atoms with E-state index in [-0.39, 0.29) is 14.8 Å². The maximum Gasteiger partial charge on any atom is 0.189 e. The Morgan fingerprint density at radius 1 is 1.33 bits per heavy atom. The summed E-state index contributed by atoms with van der Waals surface area (Å²) in [4.78, 5) is 0.289. The summed E-state index contributed by atoms with van der Waals surface area (Å²) in [5, 5.41) is 0.491. The van der Waals surface area contributed by atoms with Crippen molar-refractivity contribution in [1.82, 2.24) is 0 Å². The maximum absolute atomic E-state index is 10.7. The van der Waals surface area contributed by atoms with Crippen LogP contribution in [0, 0.1) is 0 Å². The summed E-state index contributed by atoms with van der Waals surface area (Å²) in [5.74, 6) is 0. The smallest absolute Gasteiger partial charge is 0.189 e. The first kappa shape index (κ1) is 10.3. The van der Waals surface area contributed by atoms with E-state index in [2.05, 4.69) is 12.6 Å². The fraction of sp³-hybridized carbons (Fsp3) is 0. The lowest BCUT2D eigenvalue weighted by Crippen LogP contribution is -1.92. The highest BCUT2D eigenvalue weighted by Gasteiger charge is 2.12. The van der Waals surface area contributed by atoms with Gasteiger partial charge < -0.3 is 4.55 Å². The molecule has 1 aromatic rings. The van der Waals surface area contributed by atoms with Gasteiger partial charge in [0, 0.05) is 4.90 Å². The first-order chi connectivity index (χ1) is 5.54. The lowest BCUT2D eigenvalue weighted by atomic mass is 10.3. The van der Waals surface area contributed by atoms with E-state index in [1.165, 1.54) is 12.1 Å². The van der Waals surface area contributed by atoms with Gasteiger partial charge in [-0.25, -0.2) is 4.21 Å². The van der Waals surface area contributed by atoms with E-state index < -0.39 is 11.1 Å². The molecule has 0 aliphatic carbocycles. The lowest BCUT2D eigenvalue weighted by molar-refractivity contribution is 0.562. The zero-order chi connectivity index (χ0) is 9.30. The van der Waals surface area contributed by atoms with Crippen molar-refractivity contribution >= 4 is 46.9 Å². The van der Waals surface area contributed by atoms with E-state index in [0.29, 0.717) is 5.02 Å². The largest absolute Gasteiger partial charge is 0.302 e. The Bertz CT molecular complexity index is 341. The molecule has 0 aromatic heterocycles. The molecular weight excluding hydrogens is 239 g/mol. The van der Waals surface area contributed by atoms with E-state index in [9.17, 15) is 4.21 Å². The zero-order valence-electron chi connectivity index (χ0n) is 5.62. The van der Waals surface area contributed by atoms with Crippen LogP contribution >= 0.6 is 35.8 Å². The summed E-state index contributed by atoms with van der Waals surface area (Å²) >= 11 is 13.1. The monoisotopic (exact) mass is 242 g/mol. The third-order valence-electron chi connectivity index (χ3n) is 1.21. The molecule has 2 nitrogen and oxygen atoms in total. The van der Waals surface area contributed by atoms with Crippen LogP contribution in [0.1, 0.15) is 0 Å². The molecule has 0 aliphatic rings. The number of hydrogen-bond donors (Lipinski definition) is 2. The molecule has 66 valence electrons. The summed E-state index contributed by atoms with van der Waals surface area (Å²) < 4.78 is 19.5. The lowest BCUT2D eigenvalue weighted by Gasteiger charge is -2.03. The van der Waals surface area contributed by atoms with Crippen molar-refractivity contribution in [2.75, 3.05) is 0 Å². The highest BCUT2D eigenvalue weighted by molar-refractivity contribution is 7.83. The summed E-state index contributed by atoms with van der Waals surface area (Å²) in [6.07, 6.45) is 0. The van der Waals surface area contributed by atoms with Crippen LogP contribution in [0.2, 0.25) is 10.0 Å². The third-order valence-corrected chi connectivity index (χ3v) is 3.47. The van der Waals surface area contributed by atoms with Gasteiger partial charge in [-0.15, -0.1) is 12.6 Å².